The molecule has 1 saturated carbocycles. The van der Waals surface area contributed by atoms with Gasteiger partial charge >= 0.3 is 5.97 Å². The molecular weight excluding hydrogens is 412 g/mol. The minimum atomic E-state index is -0.872. The van der Waals surface area contributed by atoms with Crippen LogP contribution in [0.5, 0.6) is 0 Å². The number of carbonyl (C=O) groups is 1. The number of thiazole rings is 1. The first kappa shape index (κ1) is 21.4. The van der Waals surface area contributed by atoms with Crippen LogP contribution in [0.2, 0.25) is 0 Å². The van der Waals surface area contributed by atoms with E-state index in [0.29, 0.717) is 38.1 Å². The summed E-state index contributed by atoms with van der Waals surface area (Å²) >= 11 is 1.56. The lowest BCUT2D eigenvalue weighted by Crippen LogP contribution is -2.37. The number of carboxylic acids is 1. The van der Waals surface area contributed by atoms with Crippen molar-refractivity contribution < 1.29 is 15.0 Å². The molecule has 31 heavy (non-hydrogen) atoms. The van der Waals surface area contributed by atoms with Crippen LogP contribution < -0.4 is 5.32 Å². The molecular formula is C23H26N4O3S. The quantitative estimate of drug-likeness (QED) is 0.520. The second-order valence-corrected chi connectivity index (χ2v) is 9.48. The fraction of sp³-hybridized carbons (Fsp3) is 0.391. The molecule has 2 heterocycles. The minimum Gasteiger partial charge on any atom is -0.481 e. The van der Waals surface area contributed by atoms with Gasteiger partial charge in [0.15, 0.2) is 0 Å². The zero-order valence-corrected chi connectivity index (χ0v) is 18.4. The van der Waals surface area contributed by atoms with Gasteiger partial charge < -0.3 is 15.5 Å². The molecule has 4 rings (SSSR count). The summed E-state index contributed by atoms with van der Waals surface area (Å²) in [5, 5.41) is 24.2. The third kappa shape index (κ3) is 5.26. The van der Waals surface area contributed by atoms with Gasteiger partial charge in [-0.15, -0.1) is 11.3 Å². The van der Waals surface area contributed by atoms with E-state index in [9.17, 15) is 15.0 Å². The molecule has 0 saturated heterocycles. The highest BCUT2D eigenvalue weighted by atomic mass is 32.1. The van der Waals surface area contributed by atoms with Gasteiger partial charge in [0.05, 0.1) is 21.4 Å². The number of aromatic nitrogens is 3. The third-order valence-electron chi connectivity index (χ3n) is 5.71. The number of nitrogens with zero attached hydrogens (tertiary/aromatic N) is 3. The van der Waals surface area contributed by atoms with Crippen molar-refractivity contribution in [1.29, 1.82) is 0 Å². The first-order valence-corrected chi connectivity index (χ1v) is 11.2. The maximum absolute atomic E-state index is 11.2. The summed E-state index contributed by atoms with van der Waals surface area (Å²) in [5.74, 6) is -0.554. The van der Waals surface area contributed by atoms with Crippen molar-refractivity contribution in [2.75, 3.05) is 5.32 Å². The lowest BCUT2D eigenvalue weighted by Gasteiger charge is -2.34. The standard InChI is InChI=1S/C23H26N4O3S/c1-14-9-17(11-18(10-14)27-22-24-8-5-15(2)26-22)19-13-25-20(31-19)12-23(30)6-3-16(4-7-23)21(28)29/h5,8-11,13,16,30H,3-4,6-7,12H2,1-2H3,(H,28,29)(H,24,26,27). The lowest BCUT2D eigenvalue weighted by molar-refractivity contribution is -0.144. The number of hydrogen-bond acceptors (Lipinski definition) is 7. The highest BCUT2D eigenvalue weighted by Crippen LogP contribution is 2.37. The summed E-state index contributed by atoms with van der Waals surface area (Å²) in [6.45, 7) is 3.97. The molecule has 1 aliphatic carbocycles. The summed E-state index contributed by atoms with van der Waals surface area (Å²) in [6.07, 6.45) is 6.04. The van der Waals surface area contributed by atoms with Crippen LogP contribution in [0.15, 0.2) is 36.7 Å². The number of aliphatic carboxylic acids is 1. The number of carboxylic acid groups (broad SMARTS) is 1. The molecule has 0 amide bonds. The highest BCUT2D eigenvalue weighted by Gasteiger charge is 2.36. The summed E-state index contributed by atoms with van der Waals surface area (Å²) in [5.41, 5.74) is 3.07. The summed E-state index contributed by atoms with van der Waals surface area (Å²) in [6, 6.07) is 8.05. The molecule has 0 aliphatic heterocycles. The molecule has 3 aromatic rings. The van der Waals surface area contributed by atoms with Crippen LogP contribution in [0.1, 0.15) is 41.9 Å². The summed E-state index contributed by atoms with van der Waals surface area (Å²) in [7, 11) is 0. The van der Waals surface area contributed by atoms with Crippen molar-refractivity contribution in [3.8, 4) is 10.4 Å². The summed E-state index contributed by atoms with van der Waals surface area (Å²) in [4.78, 5) is 25.4. The molecule has 0 spiro atoms. The van der Waals surface area contributed by atoms with Gasteiger partial charge in [-0.1, -0.05) is 6.07 Å². The number of aryl methyl sites for hydroxylation is 2. The number of rotatable bonds is 6. The molecule has 162 valence electrons. The van der Waals surface area contributed by atoms with E-state index in [1.807, 2.05) is 38.2 Å². The molecule has 0 bridgehead atoms. The first-order chi connectivity index (χ1) is 14.8. The van der Waals surface area contributed by atoms with Crippen LogP contribution in [-0.2, 0) is 11.2 Å². The predicted octanol–water partition coefficient (Wildman–Crippen LogP) is 4.51. The summed E-state index contributed by atoms with van der Waals surface area (Å²) < 4.78 is 0. The molecule has 0 atom stereocenters. The Kier molecular flexibility index (Phi) is 6.02. The topological polar surface area (TPSA) is 108 Å². The van der Waals surface area contributed by atoms with E-state index in [2.05, 4.69) is 26.3 Å². The molecule has 1 fully saturated rings. The van der Waals surface area contributed by atoms with Crippen LogP contribution in [0, 0.1) is 19.8 Å². The van der Waals surface area contributed by atoms with E-state index >= 15 is 0 Å². The van der Waals surface area contributed by atoms with Crippen molar-refractivity contribution in [3.05, 3.63) is 52.9 Å². The van der Waals surface area contributed by atoms with Crippen LogP contribution in [0.3, 0.4) is 0 Å². The van der Waals surface area contributed by atoms with Gasteiger partial charge in [0, 0.05) is 30.2 Å². The largest absolute Gasteiger partial charge is 0.481 e. The number of aliphatic hydroxyl groups is 1. The highest BCUT2D eigenvalue weighted by molar-refractivity contribution is 7.15. The average Bonchev–Trinajstić information content (AvgIpc) is 3.16. The SMILES string of the molecule is Cc1cc(Nc2nccc(C)n2)cc(-c2cnc(CC3(O)CCC(C(=O)O)CC3)s2)c1. The Morgan fingerprint density at radius 1 is 1.23 bits per heavy atom. The van der Waals surface area contributed by atoms with E-state index in [1.54, 1.807) is 17.5 Å². The van der Waals surface area contributed by atoms with Gasteiger partial charge in [0.25, 0.3) is 0 Å². The van der Waals surface area contributed by atoms with Crippen LogP contribution in [-0.4, -0.2) is 36.7 Å². The number of anilines is 2. The van der Waals surface area contributed by atoms with E-state index in [4.69, 9.17) is 0 Å². The third-order valence-corrected chi connectivity index (χ3v) is 6.76. The number of hydrogen-bond donors (Lipinski definition) is 3. The van der Waals surface area contributed by atoms with Crippen LogP contribution >= 0.6 is 11.3 Å². The maximum Gasteiger partial charge on any atom is 0.306 e. The Morgan fingerprint density at radius 2 is 2.00 bits per heavy atom. The van der Waals surface area contributed by atoms with Crippen molar-refractivity contribution in [3.63, 3.8) is 0 Å². The van der Waals surface area contributed by atoms with Crippen molar-refractivity contribution >= 4 is 28.9 Å². The Hall–Kier alpha value is -2.84. The maximum atomic E-state index is 11.2. The minimum absolute atomic E-state index is 0.345. The average molecular weight is 439 g/mol. The number of nitrogens with one attached hydrogen (secondary N) is 1. The van der Waals surface area contributed by atoms with Gasteiger partial charge in [-0.3, -0.25) is 4.79 Å². The fourth-order valence-corrected chi connectivity index (χ4v) is 5.06. The molecule has 7 nitrogen and oxygen atoms in total. The van der Waals surface area contributed by atoms with Gasteiger partial charge in [-0.05, 0) is 68.9 Å². The van der Waals surface area contributed by atoms with Crippen molar-refractivity contribution in [2.24, 2.45) is 5.92 Å². The first-order valence-electron chi connectivity index (χ1n) is 10.4. The Bertz CT molecular complexity index is 1090. The lowest BCUT2D eigenvalue weighted by atomic mass is 9.77. The Balaban J connectivity index is 1.48. The van der Waals surface area contributed by atoms with E-state index in [-0.39, 0.29) is 5.92 Å². The molecule has 0 radical (unpaired) electrons. The zero-order chi connectivity index (χ0) is 22.0. The van der Waals surface area contributed by atoms with Gasteiger partial charge in [0.1, 0.15) is 0 Å². The zero-order valence-electron chi connectivity index (χ0n) is 17.6. The van der Waals surface area contributed by atoms with E-state index in [1.165, 1.54) is 0 Å². The second-order valence-electron chi connectivity index (χ2n) is 8.37. The van der Waals surface area contributed by atoms with Crippen molar-refractivity contribution in [1.82, 2.24) is 15.0 Å². The molecule has 3 N–H and O–H groups in total. The molecule has 0 unspecified atom stereocenters. The molecule has 8 heteroatoms. The van der Waals surface area contributed by atoms with E-state index < -0.39 is 11.6 Å². The van der Waals surface area contributed by atoms with Crippen LogP contribution in [0.25, 0.3) is 10.4 Å². The van der Waals surface area contributed by atoms with Crippen LogP contribution in [0.4, 0.5) is 11.6 Å². The normalized spacial score (nSPS) is 21.1. The van der Waals surface area contributed by atoms with Gasteiger partial charge in [-0.2, -0.15) is 0 Å². The predicted molar refractivity (Wildman–Crippen MR) is 121 cm³/mol. The fourth-order valence-electron chi connectivity index (χ4n) is 4.02. The van der Waals surface area contributed by atoms with Gasteiger partial charge in [0.2, 0.25) is 5.95 Å². The number of benzene rings is 1. The second kappa shape index (κ2) is 8.72. The Labute approximate surface area is 185 Å². The van der Waals surface area contributed by atoms with E-state index in [0.717, 1.165) is 32.4 Å². The Morgan fingerprint density at radius 3 is 2.71 bits per heavy atom. The van der Waals surface area contributed by atoms with Gasteiger partial charge in [-0.25, -0.2) is 15.0 Å². The monoisotopic (exact) mass is 438 g/mol. The van der Waals surface area contributed by atoms with Crippen molar-refractivity contribution in [2.45, 2.75) is 51.6 Å². The molecule has 2 aromatic heterocycles. The smallest absolute Gasteiger partial charge is 0.306 e. The molecule has 1 aliphatic rings. The molecule has 1 aromatic carbocycles.